The van der Waals surface area contributed by atoms with Crippen LogP contribution < -0.4 is 5.32 Å². The van der Waals surface area contributed by atoms with Crippen LogP contribution in [0.1, 0.15) is 23.6 Å². The van der Waals surface area contributed by atoms with Gasteiger partial charge in [-0.3, -0.25) is 4.79 Å². The highest BCUT2D eigenvalue weighted by Gasteiger charge is 2.04. The SMILES string of the molecule is CC(=O)NC/C=C(\c1ccccc1)c1ccc(C)cc1. The Kier molecular flexibility index (Phi) is 4.72. The Balaban J connectivity index is 2.34. The second-order valence-corrected chi connectivity index (χ2v) is 4.79. The first-order valence-corrected chi connectivity index (χ1v) is 6.74. The van der Waals surface area contributed by atoms with Crippen LogP contribution in [0.2, 0.25) is 0 Å². The third-order valence-corrected chi connectivity index (χ3v) is 3.10. The highest BCUT2D eigenvalue weighted by atomic mass is 16.1. The maximum Gasteiger partial charge on any atom is 0.217 e. The number of benzene rings is 2. The standard InChI is InChI=1S/C18H19NO/c1-14-8-10-17(11-9-14)18(12-13-19-15(2)20)16-6-4-3-5-7-16/h3-12H,13H2,1-2H3,(H,19,20)/b18-12+. The second kappa shape index (κ2) is 6.71. The van der Waals surface area contributed by atoms with Crippen molar-refractivity contribution >= 4 is 11.5 Å². The maximum atomic E-state index is 11.0. The van der Waals surface area contributed by atoms with Crippen LogP contribution in [0.4, 0.5) is 0 Å². The molecule has 0 aromatic heterocycles. The first kappa shape index (κ1) is 14.1. The quantitative estimate of drug-likeness (QED) is 0.899. The summed E-state index contributed by atoms with van der Waals surface area (Å²) in [7, 11) is 0. The van der Waals surface area contributed by atoms with Crippen LogP contribution in [0.15, 0.2) is 60.7 Å². The topological polar surface area (TPSA) is 29.1 Å². The molecule has 0 atom stereocenters. The number of hydrogen-bond acceptors (Lipinski definition) is 1. The lowest BCUT2D eigenvalue weighted by molar-refractivity contribution is -0.118. The van der Waals surface area contributed by atoms with Gasteiger partial charge in [0.05, 0.1) is 0 Å². The molecule has 0 heterocycles. The van der Waals surface area contributed by atoms with Gasteiger partial charge in [0, 0.05) is 13.5 Å². The second-order valence-electron chi connectivity index (χ2n) is 4.79. The molecule has 2 nitrogen and oxygen atoms in total. The minimum atomic E-state index is -0.0161. The van der Waals surface area contributed by atoms with Gasteiger partial charge in [-0.25, -0.2) is 0 Å². The minimum absolute atomic E-state index is 0.0161. The predicted octanol–water partition coefficient (Wildman–Crippen LogP) is 3.56. The molecule has 2 heteroatoms. The molecule has 20 heavy (non-hydrogen) atoms. The molecule has 0 aliphatic heterocycles. The number of rotatable bonds is 4. The van der Waals surface area contributed by atoms with Crippen LogP contribution in [0.25, 0.3) is 5.57 Å². The summed E-state index contributed by atoms with van der Waals surface area (Å²) in [4.78, 5) is 11.0. The Hall–Kier alpha value is -2.35. The fraction of sp³-hybridized carbons (Fsp3) is 0.167. The van der Waals surface area contributed by atoms with Gasteiger partial charge in [0.1, 0.15) is 0 Å². The predicted molar refractivity (Wildman–Crippen MR) is 83.4 cm³/mol. The van der Waals surface area contributed by atoms with Crippen molar-refractivity contribution in [1.82, 2.24) is 5.32 Å². The van der Waals surface area contributed by atoms with E-state index in [1.807, 2.05) is 18.2 Å². The normalized spacial score (nSPS) is 11.2. The summed E-state index contributed by atoms with van der Waals surface area (Å²) in [6, 6.07) is 18.6. The van der Waals surface area contributed by atoms with Gasteiger partial charge >= 0.3 is 0 Å². The van der Waals surface area contributed by atoms with Crippen LogP contribution in [0, 0.1) is 6.92 Å². The van der Waals surface area contributed by atoms with E-state index in [4.69, 9.17) is 0 Å². The zero-order valence-corrected chi connectivity index (χ0v) is 11.9. The van der Waals surface area contributed by atoms with Crippen molar-refractivity contribution < 1.29 is 4.79 Å². The Bertz CT molecular complexity index is 597. The van der Waals surface area contributed by atoms with E-state index in [0.29, 0.717) is 6.54 Å². The molecule has 0 saturated heterocycles. The zero-order valence-electron chi connectivity index (χ0n) is 11.9. The van der Waals surface area contributed by atoms with Gasteiger partial charge in [-0.1, -0.05) is 66.2 Å². The van der Waals surface area contributed by atoms with Crippen LogP contribution >= 0.6 is 0 Å². The van der Waals surface area contributed by atoms with Crippen LogP contribution in [-0.4, -0.2) is 12.5 Å². The van der Waals surface area contributed by atoms with E-state index in [1.54, 1.807) is 0 Å². The largest absolute Gasteiger partial charge is 0.353 e. The smallest absolute Gasteiger partial charge is 0.217 e. The summed E-state index contributed by atoms with van der Waals surface area (Å²) in [5.74, 6) is -0.0161. The Labute approximate surface area is 120 Å². The minimum Gasteiger partial charge on any atom is -0.353 e. The highest BCUT2D eigenvalue weighted by molar-refractivity contribution is 5.80. The lowest BCUT2D eigenvalue weighted by atomic mass is 9.97. The average molecular weight is 265 g/mol. The lowest BCUT2D eigenvalue weighted by Crippen LogP contribution is -2.19. The van der Waals surface area contributed by atoms with Crippen molar-refractivity contribution in [3.05, 3.63) is 77.4 Å². The van der Waals surface area contributed by atoms with Crippen molar-refractivity contribution in [3.63, 3.8) is 0 Å². The Morgan fingerprint density at radius 3 is 2.20 bits per heavy atom. The van der Waals surface area contributed by atoms with E-state index in [2.05, 4.69) is 54.7 Å². The van der Waals surface area contributed by atoms with Gasteiger partial charge in [-0.15, -0.1) is 0 Å². The third-order valence-electron chi connectivity index (χ3n) is 3.10. The molecule has 2 rings (SSSR count). The summed E-state index contributed by atoms with van der Waals surface area (Å²) in [5.41, 5.74) is 4.69. The highest BCUT2D eigenvalue weighted by Crippen LogP contribution is 2.23. The van der Waals surface area contributed by atoms with E-state index in [-0.39, 0.29) is 5.91 Å². The molecule has 102 valence electrons. The van der Waals surface area contributed by atoms with Crippen LogP contribution in [0.3, 0.4) is 0 Å². The summed E-state index contributed by atoms with van der Waals surface area (Å²) < 4.78 is 0. The third kappa shape index (κ3) is 3.82. The summed E-state index contributed by atoms with van der Waals surface area (Å²) >= 11 is 0. The first-order chi connectivity index (χ1) is 9.66. The molecule has 1 N–H and O–H groups in total. The zero-order chi connectivity index (χ0) is 14.4. The van der Waals surface area contributed by atoms with Crippen molar-refractivity contribution in [2.45, 2.75) is 13.8 Å². The average Bonchev–Trinajstić information content (AvgIpc) is 2.46. The molecule has 2 aromatic rings. The number of carbonyl (C=O) groups is 1. The molecule has 0 radical (unpaired) electrons. The van der Waals surface area contributed by atoms with Gasteiger partial charge in [0.15, 0.2) is 0 Å². The Morgan fingerprint density at radius 1 is 1.00 bits per heavy atom. The van der Waals surface area contributed by atoms with Gasteiger partial charge in [0.2, 0.25) is 5.91 Å². The molecule has 0 spiro atoms. The van der Waals surface area contributed by atoms with Crippen molar-refractivity contribution in [2.24, 2.45) is 0 Å². The number of carbonyl (C=O) groups excluding carboxylic acids is 1. The number of hydrogen-bond donors (Lipinski definition) is 1. The molecular weight excluding hydrogens is 246 g/mol. The molecular formula is C18H19NO. The molecule has 1 amide bonds. The Morgan fingerprint density at radius 2 is 1.60 bits per heavy atom. The number of aryl methyl sites for hydroxylation is 1. The van der Waals surface area contributed by atoms with Crippen molar-refractivity contribution in [3.8, 4) is 0 Å². The van der Waals surface area contributed by atoms with Crippen LogP contribution in [0.5, 0.6) is 0 Å². The van der Waals surface area contributed by atoms with Gasteiger partial charge in [-0.05, 0) is 23.6 Å². The van der Waals surface area contributed by atoms with Crippen molar-refractivity contribution in [2.75, 3.05) is 6.54 Å². The summed E-state index contributed by atoms with van der Waals surface area (Å²) in [6.07, 6.45) is 2.06. The monoisotopic (exact) mass is 265 g/mol. The van der Waals surface area contributed by atoms with E-state index in [0.717, 1.165) is 16.7 Å². The van der Waals surface area contributed by atoms with Gasteiger partial charge < -0.3 is 5.32 Å². The molecule has 0 aliphatic rings. The number of amides is 1. The molecule has 2 aromatic carbocycles. The van der Waals surface area contributed by atoms with E-state index in [9.17, 15) is 4.79 Å². The lowest BCUT2D eigenvalue weighted by Gasteiger charge is -2.09. The first-order valence-electron chi connectivity index (χ1n) is 6.74. The van der Waals surface area contributed by atoms with Gasteiger partial charge in [-0.2, -0.15) is 0 Å². The fourth-order valence-corrected chi connectivity index (χ4v) is 2.05. The summed E-state index contributed by atoms with van der Waals surface area (Å²) in [6.45, 7) is 4.14. The van der Waals surface area contributed by atoms with Crippen LogP contribution in [-0.2, 0) is 4.79 Å². The van der Waals surface area contributed by atoms with E-state index in [1.165, 1.54) is 12.5 Å². The van der Waals surface area contributed by atoms with E-state index < -0.39 is 0 Å². The molecule has 0 bridgehead atoms. The maximum absolute atomic E-state index is 11.0. The van der Waals surface area contributed by atoms with E-state index >= 15 is 0 Å². The van der Waals surface area contributed by atoms with Crippen molar-refractivity contribution in [1.29, 1.82) is 0 Å². The molecule has 0 aliphatic carbocycles. The molecule has 0 saturated carbocycles. The molecule has 0 unspecified atom stereocenters. The van der Waals surface area contributed by atoms with Gasteiger partial charge in [0.25, 0.3) is 0 Å². The summed E-state index contributed by atoms with van der Waals surface area (Å²) in [5, 5.41) is 2.81. The fourth-order valence-electron chi connectivity index (χ4n) is 2.05. The number of nitrogens with one attached hydrogen (secondary N) is 1. The molecule has 0 fully saturated rings.